The van der Waals surface area contributed by atoms with Crippen LogP contribution in [0.1, 0.15) is 290 Å². The van der Waals surface area contributed by atoms with Crippen molar-refractivity contribution in [2.24, 2.45) is 0 Å². The average molecular weight is 913 g/mol. The second-order valence-corrected chi connectivity index (χ2v) is 19.3. The molecule has 2 unspecified atom stereocenters. The fourth-order valence-corrected chi connectivity index (χ4v) is 8.42. The molecule has 380 valence electrons. The zero-order valence-electron chi connectivity index (χ0n) is 43.2. The Kier molecular flexibility index (Phi) is 52.6. The molecule has 0 aromatic carbocycles. The van der Waals surface area contributed by atoms with Gasteiger partial charge in [0.15, 0.2) is 0 Å². The van der Waals surface area contributed by atoms with Gasteiger partial charge in [-0.2, -0.15) is 0 Å². The Morgan fingerprint density at radius 3 is 1.22 bits per heavy atom. The maximum absolute atomic E-state index is 12.4. The van der Waals surface area contributed by atoms with E-state index in [1.807, 2.05) is 6.08 Å². The summed E-state index contributed by atoms with van der Waals surface area (Å²) < 4.78 is 5.46. The van der Waals surface area contributed by atoms with Crippen molar-refractivity contribution < 1.29 is 24.5 Å². The third-order valence-corrected chi connectivity index (χ3v) is 12.8. The van der Waals surface area contributed by atoms with Crippen LogP contribution in [0.3, 0.4) is 0 Å². The molecule has 0 fully saturated rings. The summed E-state index contributed by atoms with van der Waals surface area (Å²) in [7, 11) is 0. The summed E-state index contributed by atoms with van der Waals surface area (Å²) in [6, 6.07) is -0.628. The minimum Gasteiger partial charge on any atom is -0.466 e. The van der Waals surface area contributed by atoms with E-state index in [1.54, 1.807) is 6.08 Å². The Hall–Kier alpha value is -2.18. The van der Waals surface area contributed by atoms with Gasteiger partial charge in [-0.05, 0) is 89.9 Å². The number of esters is 1. The summed E-state index contributed by atoms with van der Waals surface area (Å²) in [5.74, 6) is -0.0752. The Morgan fingerprint density at radius 2 is 0.769 bits per heavy atom. The number of rotatable bonds is 52. The predicted molar refractivity (Wildman–Crippen MR) is 282 cm³/mol. The van der Waals surface area contributed by atoms with Crippen LogP contribution in [0.15, 0.2) is 48.6 Å². The van der Waals surface area contributed by atoms with Crippen molar-refractivity contribution in [2.75, 3.05) is 13.2 Å². The number of carbonyl (C=O) groups excluding carboxylic acids is 2. The van der Waals surface area contributed by atoms with E-state index in [0.29, 0.717) is 19.4 Å². The van der Waals surface area contributed by atoms with Gasteiger partial charge in [0.2, 0.25) is 5.91 Å². The lowest BCUT2D eigenvalue weighted by molar-refractivity contribution is -0.143. The summed E-state index contributed by atoms with van der Waals surface area (Å²) in [4.78, 5) is 24.4. The van der Waals surface area contributed by atoms with Crippen molar-refractivity contribution >= 4 is 11.9 Å². The predicted octanol–water partition coefficient (Wildman–Crippen LogP) is 17.4. The van der Waals surface area contributed by atoms with Gasteiger partial charge in [0.25, 0.3) is 0 Å². The van der Waals surface area contributed by atoms with E-state index >= 15 is 0 Å². The second-order valence-electron chi connectivity index (χ2n) is 19.3. The van der Waals surface area contributed by atoms with Crippen molar-refractivity contribution in [1.29, 1.82) is 0 Å². The third kappa shape index (κ3) is 51.1. The molecule has 0 bridgehead atoms. The number of ether oxygens (including phenoxy) is 1. The van der Waals surface area contributed by atoms with Gasteiger partial charge in [-0.15, -0.1) is 0 Å². The minimum atomic E-state index is -0.844. The summed E-state index contributed by atoms with van der Waals surface area (Å²) in [5, 5.41) is 22.9. The lowest BCUT2D eigenvalue weighted by Crippen LogP contribution is -2.45. The zero-order chi connectivity index (χ0) is 47.2. The van der Waals surface area contributed by atoms with Crippen LogP contribution in [-0.2, 0) is 14.3 Å². The Morgan fingerprint density at radius 1 is 0.431 bits per heavy atom. The molecular formula is C59H109NO5. The molecule has 6 heteroatoms. The van der Waals surface area contributed by atoms with E-state index in [9.17, 15) is 19.8 Å². The Bertz CT molecular complexity index is 1100. The second kappa shape index (κ2) is 54.4. The standard InChI is InChI=1S/C59H109NO5/c1-3-5-7-9-11-13-14-33-37-41-45-49-53-59(64)65-54-50-46-42-38-34-31-29-27-25-23-21-19-17-15-16-18-20-22-24-26-28-30-32-36-40-44-48-52-58(63)60-56(55-61)57(62)51-47-43-39-35-12-10-8-6-4-2/h11,13,15-16,19,21,47,51,56-57,61-62H,3-10,12,14,17-18,20,22-46,48-50,52-55H2,1-2H3,(H,60,63)/b13-11-,16-15-,21-19-,51-47+. The smallest absolute Gasteiger partial charge is 0.305 e. The quantitative estimate of drug-likeness (QED) is 0.0321. The van der Waals surface area contributed by atoms with Gasteiger partial charge >= 0.3 is 5.97 Å². The van der Waals surface area contributed by atoms with Gasteiger partial charge < -0.3 is 20.3 Å². The van der Waals surface area contributed by atoms with E-state index in [0.717, 1.165) is 51.4 Å². The maximum atomic E-state index is 12.4. The number of hydrogen-bond acceptors (Lipinski definition) is 5. The van der Waals surface area contributed by atoms with Crippen LogP contribution in [0.2, 0.25) is 0 Å². The number of unbranched alkanes of at least 4 members (excludes halogenated alkanes) is 35. The topological polar surface area (TPSA) is 95.9 Å². The first-order chi connectivity index (χ1) is 32.0. The number of nitrogens with one attached hydrogen (secondary N) is 1. The summed E-state index contributed by atoms with van der Waals surface area (Å²) in [6.45, 7) is 4.84. The maximum Gasteiger partial charge on any atom is 0.305 e. The van der Waals surface area contributed by atoms with E-state index in [2.05, 4.69) is 55.6 Å². The number of allylic oxidation sites excluding steroid dienone is 7. The fraction of sp³-hybridized carbons (Fsp3) is 0.831. The first-order valence-corrected chi connectivity index (χ1v) is 28.4. The third-order valence-electron chi connectivity index (χ3n) is 12.8. The van der Waals surface area contributed by atoms with Crippen LogP contribution < -0.4 is 5.32 Å². The highest BCUT2D eigenvalue weighted by molar-refractivity contribution is 5.76. The molecule has 0 rings (SSSR count). The van der Waals surface area contributed by atoms with Crippen molar-refractivity contribution in [3.8, 4) is 0 Å². The van der Waals surface area contributed by atoms with Crippen molar-refractivity contribution in [3.05, 3.63) is 48.6 Å². The molecular weight excluding hydrogens is 803 g/mol. The molecule has 3 N–H and O–H groups in total. The normalized spacial score (nSPS) is 13.0. The molecule has 0 saturated carbocycles. The molecule has 0 spiro atoms. The molecule has 0 aliphatic carbocycles. The molecule has 0 aromatic rings. The summed E-state index contributed by atoms with van der Waals surface area (Å²) >= 11 is 0. The highest BCUT2D eigenvalue weighted by atomic mass is 16.5. The summed E-state index contributed by atoms with van der Waals surface area (Å²) in [5.41, 5.74) is 0. The molecule has 0 aliphatic rings. The Balaban J connectivity index is 3.42. The molecule has 0 heterocycles. The molecule has 1 amide bonds. The molecule has 2 atom stereocenters. The highest BCUT2D eigenvalue weighted by Crippen LogP contribution is 2.15. The molecule has 65 heavy (non-hydrogen) atoms. The monoisotopic (exact) mass is 912 g/mol. The molecule has 0 aliphatic heterocycles. The van der Waals surface area contributed by atoms with E-state index in [4.69, 9.17) is 4.74 Å². The van der Waals surface area contributed by atoms with Gasteiger partial charge in [-0.1, -0.05) is 236 Å². The van der Waals surface area contributed by atoms with Gasteiger partial charge in [-0.3, -0.25) is 9.59 Å². The van der Waals surface area contributed by atoms with Crippen LogP contribution in [0.25, 0.3) is 0 Å². The molecule has 6 nitrogen and oxygen atoms in total. The van der Waals surface area contributed by atoms with Crippen LogP contribution in [-0.4, -0.2) is 47.4 Å². The molecule has 0 saturated heterocycles. The SMILES string of the molecule is CCCCC/C=C\CCCCCCCC(=O)OCCCCCCCCCCC/C=C\C/C=C\CCCCCCCCCCCCCC(=O)NC(CO)C(O)/C=C/CCCCCCCCC. The summed E-state index contributed by atoms with van der Waals surface area (Å²) in [6.07, 6.45) is 68.6. The van der Waals surface area contributed by atoms with Crippen LogP contribution >= 0.6 is 0 Å². The highest BCUT2D eigenvalue weighted by Gasteiger charge is 2.18. The van der Waals surface area contributed by atoms with Gasteiger partial charge in [0.05, 0.1) is 25.4 Å². The van der Waals surface area contributed by atoms with Crippen LogP contribution in [0.5, 0.6) is 0 Å². The first-order valence-electron chi connectivity index (χ1n) is 28.4. The van der Waals surface area contributed by atoms with Crippen molar-refractivity contribution in [3.63, 3.8) is 0 Å². The van der Waals surface area contributed by atoms with Crippen molar-refractivity contribution in [2.45, 2.75) is 302 Å². The average Bonchev–Trinajstić information content (AvgIpc) is 3.31. The van der Waals surface area contributed by atoms with Crippen LogP contribution in [0, 0.1) is 0 Å². The van der Waals surface area contributed by atoms with E-state index in [-0.39, 0.29) is 18.5 Å². The lowest BCUT2D eigenvalue weighted by atomic mass is 10.0. The van der Waals surface area contributed by atoms with E-state index < -0.39 is 12.1 Å². The molecule has 0 radical (unpaired) electrons. The first kappa shape index (κ1) is 62.8. The zero-order valence-corrected chi connectivity index (χ0v) is 43.2. The van der Waals surface area contributed by atoms with E-state index in [1.165, 1.54) is 212 Å². The van der Waals surface area contributed by atoms with Crippen molar-refractivity contribution in [1.82, 2.24) is 5.32 Å². The molecule has 0 aromatic heterocycles. The number of hydrogen-bond donors (Lipinski definition) is 3. The van der Waals surface area contributed by atoms with Crippen LogP contribution in [0.4, 0.5) is 0 Å². The lowest BCUT2D eigenvalue weighted by Gasteiger charge is -2.20. The van der Waals surface area contributed by atoms with Gasteiger partial charge in [0.1, 0.15) is 0 Å². The number of amides is 1. The minimum absolute atomic E-state index is 0.000700. The number of aliphatic hydroxyl groups excluding tert-OH is 2. The Labute approximate surface area is 404 Å². The largest absolute Gasteiger partial charge is 0.466 e. The van der Waals surface area contributed by atoms with Gasteiger partial charge in [-0.25, -0.2) is 0 Å². The fourth-order valence-electron chi connectivity index (χ4n) is 8.42. The number of aliphatic hydroxyl groups is 2. The number of carbonyl (C=O) groups is 2. The van der Waals surface area contributed by atoms with Gasteiger partial charge in [0, 0.05) is 12.8 Å².